The number of thioether (sulfide) groups is 1. The topological polar surface area (TPSA) is 77.6 Å². The third-order valence-electron chi connectivity index (χ3n) is 6.13. The molecule has 4 rings (SSSR count). The molecule has 2 aliphatic rings. The minimum Gasteiger partial charge on any atom is -0.350 e. The number of nitrogens with zero attached hydrogens (tertiary/aromatic N) is 3. The van der Waals surface area contributed by atoms with Gasteiger partial charge in [0.25, 0.3) is 5.91 Å². The van der Waals surface area contributed by atoms with Crippen LogP contribution in [0, 0.1) is 13.8 Å². The maximum absolute atomic E-state index is 13.1. The Labute approximate surface area is 194 Å². The number of carbonyl (C=O) groups excluding carboxylic acids is 2. The summed E-state index contributed by atoms with van der Waals surface area (Å²) in [6, 6.07) is 9.32. The first-order valence-corrected chi connectivity index (χ1v) is 12.3. The van der Waals surface area contributed by atoms with Crippen LogP contribution in [-0.4, -0.2) is 59.8 Å². The number of likely N-dealkylation sites (N-methyl/N-ethyl adjacent to an activating group) is 1. The van der Waals surface area contributed by atoms with E-state index in [1.807, 2.05) is 26.0 Å². The molecule has 0 saturated carbocycles. The molecule has 1 aromatic carbocycles. The second-order valence-electron chi connectivity index (χ2n) is 8.38. The number of rotatable bonds is 5. The van der Waals surface area contributed by atoms with Gasteiger partial charge in [0.05, 0.1) is 5.69 Å². The molecule has 3 heterocycles. The van der Waals surface area contributed by atoms with Crippen LogP contribution in [0.4, 0.5) is 16.2 Å². The van der Waals surface area contributed by atoms with Crippen LogP contribution in [-0.2, 0) is 0 Å². The Hall–Kier alpha value is -2.58. The smallest absolute Gasteiger partial charge is 0.326 e. The molecule has 2 aromatic rings. The standard InChI is InChI=1S/C24H31N5O2S/c1-4-28-10-6-9-20(28)15-25-22(30)18-7-5-8-19(14-18)27-24(31)29-11-12-32-23-21(29)16(2)13-17(3)26-23/h5,7-8,13-14,20H,4,6,9-12,15H2,1-3H3,(H,25,30)(H,27,31)/t20-/m0/s1. The molecule has 2 N–H and O–H groups in total. The van der Waals surface area contributed by atoms with E-state index in [0.717, 1.165) is 47.2 Å². The number of hydrogen-bond donors (Lipinski definition) is 2. The molecule has 7 nitrogen and oxygen atoms in total. The van der Waals surface area contributed by atoms with Gasteiger partial charge in [-0.3, -0.25) is 14.6 Å². The van der Waals surface area contributed by atoms with E-state index in [-0.39, 0.29) is 11.9 Å². The second-order valence-corrected chi connectivity index (χ2v) is 9.46. The largest absolute Gasteiger partial charge is 0.350 e. The van der Waals surface area contributed by atoms with E-state index in [1.165, 1.54) is 6.42 Å². The van der Waals surface area contributed by atoms with Gasteiger partial charge in [-0.2, -0.15) is 0 Å². The van der Waals surface area contributed by atoms with Crippen LogP contribution >= 0.6 is 11.8 Å². The fraction of sp³-hybridized carbons (Fsp3) is 0.458. The average molecular weight is 454 g/mol. The first-order valence-electron chi connectivity index (χ1n) is 11.3. The molecule has 8 heteroatoms. The van der Waals surface area contributed by atoms with Gasteiger partial charge in [-0.25, -0.2) is 9.78 Å². The van der Waals surface area contributed by atoms with Crippen LogP contribution in [0.15, 0.2) is 35.4 Å². The summed E-state index contributed by atoms with van der Waals surface area (Å²) in [5.41, 5.74) is 4.02. The van der Waals surface area contributed by atoms with Gasteiger partial charge in [-0.05, 0) is 69.6 Å². The molecule has 2 aliphatic heterocycles. The second kappa shape index (κ2) is 9.92. The lowest BCUT2D eigenvalue weighted by Crippen LogP contribution is -2.40. The number of hydrogen-bond acceptors (Lipinski definition) is 5. The number of pyridine rings is 1. The first-order chi connectivity index (χ1) is 15.5. The van der Waals surface area contributed by atoms with E-state index in [4.69, 9.17) is 0 Å². The quantitative estimate of drug-likeness (QED) is 0.714. The van der Waals surface area contributed by atoms with Crippen molar-refractivity contribution in [2.75, 3.05) is 42.1 Å². The number of aromatic nitrogens is 1. The lowest BCUT2D eigenvalue weighted by Gasteiger charge is -2.30. The molecule has 0 spiro atoms. The summed E-state index contributed by atoms with van der Waals surface area (Å²) in [7, 11) is 0. The lowest BCUT2D eigenvalue weighted by atomic mass is 10.1. The van der Waals surface area contributed by atoms with Crippen molar-refractivity contribution in [1.82, 2.24) is 15.2 Å². The van der Waals surface area contributed by atoms with Gasteiger partial charge in [0.15, 0.2) is 0 Å². The number of anilines is 2. The Morgan fingerprint density at radius 2 is 2.06 bits per heavy atom. The Bertz CT molecular complexity index is 1010. The number of aryl methyl sites for hydroxylation is 2. The Morgan fingerprint density at radius 3 is 2.88 bits per heavy atom. The molecule has 3 amide bonds. The van der Waals surface area contributed by atoms with Crippen molar-refractivity contribution in [3.05, 3.63) is 47.2 Å². The summed E-state index contributed by atoms with van der Waals surface area (Å²) in [5, 5.41) is 6.92. The van der Waals surface area contributed by atoms with Gasteiger partial charge in [0.2, 0.25) is 0 Å². The van der Waals surface area contributed by atoms with E-state index < -0.39 is 0 Å². The number of urea groups is 1. The molecule has 1 atom stereocenters. The zero-order valence-corrected chi connectivity index (χ0v) is 19.8. The summed E-state index contributed by atoms with van der Waals surface area (Å²) in [6.07, 6.45) is 2.30. The monoisotopic (exact) mass is 453 g/mol. The van der Waals surface area contributed by atoms with Crippen LogP contribution in [0.5, 0.6) is 0 Å². The summed E-state index contributed by atoms with van der Waals surface area (Å²) in [5.74, 6) is 0.689. The number of likely N-dealkylation sites (tertiary alicyclic amines) is 1. The minimum absolute atomic E-state index is 0.112. The Balaban J connectivity index is 1.42. The lowest BCUT2D eigenvalue weighted by molar-refractivity contribution is 0.0941. The van der Waals surface area contributed by atoms with E-state index in [2.05, 4.69) is 27.4 Å². The SMILES string of the molecule is CCN1CCC[C@H]1CNC(=O)c1cccc(NC(=O)N2CCSc3nc(C)cc(C)c32)c1. The maximum Gasteiger partial charge on any atom is 0.326 e. The third-order valence-corrected chi connectivity index (χ3v) is 7.07. The predicted octanol–water partition coefficient (Wildman–Crippen LogP) is 4.06. The van der Waals surface area contributed by atoms with E-state index in [1.54, 1.807) is 34.9 Å². The van der Waals surface area contributed by atoms with Crippen molar-refractivity contribution in [1.29, 1.82) is 0 Å². The van der Waals surface area contributed by atoms with Crippen LogP contribution in [0.3, 0.4) is 0 Å². The zero-order valence-electron chi connectivity index (χ0n) is 19.0. The van der Waals surface area contributed by atoms with Crippen molar-refractivity contribution < 1.29 is 9.59 Å². The number of fused-ring (bicyclic) bond motifs is 1. The van der Waals surface area contributed by atoms with Gasteiger partial charge >= 0.3 is 6.03 Å². The highest BCUT2D eigenvalue weighted by Crippen LogP contribution is 2.36. The molecule has 0 unspecified atom stereocenters. The molecular formula is C24H31N5O2S. The summed E-state index contributed by atoms with van der Waals surface area (Å²) >= 11 is 1.68. The highest BCUT2D eigenvalue weighted by Gasteiger charge is 2.27. The Morgan fingerprint density at radius 1 is 1.22 bits per heavy atom. The predicted molar refractivity (Wildman–Crippen MR) is 130 cm³/mol. The van der Waals surface area contributed by atoms with Crippen LogP contribution < -0.4 is 15.5 Å². The van der Waals surface area contributed by atoms with Crippen molar-refractivity contribution in [3.63, 3.8) is 0 Å². The van der Waals surface area contributed by atoms with E-state index >= 15 is 0 Å². The highest BCUT2D eigenvalue weighted by molar-refractivity contribution is 7.99. The summed E-state index contributed by atoms with van der Waals surface area (Å²) in [6.45, 7) is 9.51. The van der Waals surface area contributed by atoms with Gasteiger partial charge in [-0.1, -0.05) is 13.0 Å². The summed E-state index contributed by atoms with van der Waals surface area (Å²) < 4.78 is 0. The Kier molecular flexibility index (Phi) is 7.01. The van der Waals surface area contributed by atoms with Gasteiger partial charge < -0.3 is 10.6 Å². The van der Waals surface area contributed by atoms with Crippen molar-refractivity contribution in [2.24, 2.45) is 0 Å². The molecule has 170 valence electrons. The van der Waals surface area contributed by atoms with Crippen molar-refractivity contribution in [3.8, 4) is 0 Å². The molecule has 32 heavy (non-hydrogen) atoms. The molecule has 1 saturated heterocycles. The van der Waals surface area contributed by atoms with Crippen molar-refractivity contribution >= 4 is 35.1 Å². The van der Waals surface area contributed by atoms with Crippen LogP contribution in [0.1, 0.15) is 41.4 Å². The number of amides is 3. The highest BCUT2D eigenvalue weighted by atomic mass is 32.2. The first kappa shape index (κ1) is 22.6. The summed E-state index contributed by atoms with van der Waals surface area (Å²) in [4.78, 5) is 34.6. The van der Waals surface area contributed by atoms with E-state index in [0.29, 0.717) is 30.4 Å². The minimum atomic E-state index is -0.206. The van der Waals surface area contributed by atoms with Gasteiger partial charge in [0.1, 0.15) is 5.03 Å². The third kappa shape index (κ3) is 4.91. The number of carbonyl (C=O) groups is 2. The molecule has 1 aromatic heterocycles. The van der Waals surface area contributed by atoms with Crippen molar-refractivity contribution in [2.45, 2.75) is 44.7 Å². The van der Waals surface area contributed by atoms with Gasteiger partial charge in [0, 0.05) is 41.8 Å². The molecule has 0 radical (unpaired) electrons. The molecule has 1 fully saturated rings. The number of benzene rings is 1. The fourth-order valence-electron chi connectivity index (χ4n) is 4.56. The maximum atomic E-state index is 13.1. The molecule has 0 bridgehead atoms. The molecule has 0 aliphatic carbocycles. The van der Waals surface area contributed by atoms with Crippen LogP contribution in [0.2, 0.25) is 0 Å². The molecular weight excluding hydrogens is 422 g/mol. The number of nitrogens with one attached hydrogen (secondary N) is 2. The van der Waals surface area contributed by atoms with Crippen LogP contribution in [0.25, 0.3) is 0 Å². The average Bonchev–Trinajstić information content (AvgIpc) is 3.24. The fourth-order valence-corrected chi connectivity index (χ4v) is 5.64. The normalized spacial score (nSPS) is 18.3. The van der Waals surface area contributed by atoms with E-state index in [9.17, 15) is 9.59 Å². The zero-order chi connectivity index (χ0) is 22.7. The van der Waals surface area contributed by atoms with Gasteiger partial charge in [-0.15, -0.1) is 11.8 Å².